The van der Waals surface area contributed by atoms with Crippen LogP contribution in [0, 0.1) is 13.8 Å². The number of hydrogen-bond donors (Lipinski definition) is 1. The number of aryl methyl sites for hydroxylation is 2. The lowest BCUT2D eigenvalue weighted by Gasteiger charge is -2.15. The Labute approximate surface area is 175 Å². The molecule has 4 rings (SSSR count). The Morgan fingerprint density at radius 3 is 2.52 bits per heavy atom. The second-order valence-electron chi connectivity index (χ2n) is 7.30. The first-order valence-electron chi connectivity index (χ1n) is 9.55. The van der Waals surface area contributed by atoms with Gasteiger partial charge in [-0.2, -0.15) is 5.10 Å². The van der Waals surface area contributed by atoms with Crippen LogP contribution in [-0.4, -0.2) is 15.7 Å². The predicted octanol–water partition coefficient (Wildman–Crippen LogP) is 6.17. The maximum Gasteiger partial charge on any atom is 0.248 e. The smallest absolute Gasteiger partial charge is 0.248 e. The standard InChI is InChI=1S/C24H22ClN3O/c1-15-9-11-21(16(2)13-15)26-24(29)17(3)28-22-12-10-19(25)14-20(22)23(27-28)18-7-5-4-6-8-18/h4-14,17H,1-3H3,(H,26,29). The quantitative estimate of drug-likeness (QED) is 0.442. The molecule has 0 saturated heterocycles. The lowest BCUT2D eigenvalue weighted by Crippen LogP contribution is -2.24. The Balaban J connectivity index is 1.74. The van der Waals surface area contributed by atoms with Crippen LogP contribution in [0.1, 0.15) is 24.1 Å². The average molecular weight is 404 g/mol. The first-order valence-corrected chi connectivity index (χ1v) is 9.93. The van der Waals surface area contributed by atoms with Crippen LogP contribution in [0.5, 0.6) is 0 Å². The molecule has 0 spiro atoms. The van der Waals surface area contributed by atoms with Gasteiger partial charge in [0.15, 0.2) is 0 Å². The maximum atomic E-state index is 13.0. The monoisotopic (exact) mass is 403 g/mol. The van der Waals surface area contributed by atoms with Crippen molar-refractivity contribution in [3.05, 3.63) is 82.9 Å². The van der Waals surface area contributed by atoms with Gasteiger partial charge >= 0.3 is 0 Å². The molecule has 0 radical (unpaired) electrons. The molecule has 3 aromatic carbocycles. The molecule has 29 heavy (non-hydrogen) atoms. The summed E-state index contributed by atoms with van der Waals surface area (Å²) in [6.07, 6.45) is 0. The third-order valence-corrected chi connectivity index (χ3v) is 5.34. The number of hydrogen-bond acceptors (Lipinski definition) is 2. The fourth-order valence-corrected chi connectivity index (χ4v) is 3.69. The summed E-state index contributed by atoms with van der Waals surface area (Å²) in [6.45, 7) is 5.88. The summed E-state index contributed by atoms with van der Waals surface area (Å²) in [7, 11) is 0. The van der Waals surface area contributed by atoms with E-state index in [-0.39, 0.29) is 5.91 Å². The SMILES string of the molecule is Cc1ccc(NC(=O)C(C)n2nc(-c3ccccc3)c3cc(Cl)ccc32)c(C)c1. The molecule has 4 nitrogen and oxygen atoms in total. The first-order chi connectivity index (χ1) is 13.9. The summed E-state index contributed by atoms with van der Waals surface area (Å²) in [5, 5.41) is 9.40. The van der Waals surface area contributed by atoms with Crippen molar-refractivity contribution >= 4 is 34.1 Å². The summed E-state index contributed by atoms with van der Waals surface area (Å²) in [5.74, 6) is -0.115. The van der Waals surface area contributed by atoms with Crippen LogP contribution in [0.2, 0.25) is 5.02 Å². The Bertz CT molecular complexity index is 1200. The van der Waals surface area contributed by atoms with Crippen molar-refractivity contribution in [2.75, 3.05) is 5.32 Å². The molecule has 0 aliphatic heterocycles. The van der Waals surface area contributed by atoms with Crippen LogP contribution >= 0.6 is 11.6 Å². The van der Waals surface area contributed by atoms with Gasteiger partial charge in [0.2, 0.25) is 5.91 Å². The summed E-state index contributed by atoms with van der Waals surface area (Å²) in [4.78, 5) is 13.0. The topological polar surface area (TPSA) is 46.9 Å². The van der Waals surface area contributed by atoms with Gasteiger partial charge in [0.1, 0.15) is 11.7 Å². The lowest BCUT2D eigenvalue weighted by molar-refractivity contribution is -0.118. The van der Waals surface area contributed by atoms with Crippen LogP contribution in [0.4, 0.5) is 5.69 Å². The third-order valence-electron chi connectivity index (χ3n) is 5.10. The number of fused-ring (bicyclic) bond motifs is 1. The Morgan fingerprint density at radius 1 is 1.03 bits per heavy atom. The number of nitrogens with one attached hydrogen (secondary N) is 1. The molecule has 1 amide bonds. The van der Waals surface area contributed by atoms with Gasteiger partial charge in [-0.15, -0.1) is 0 Å². The maximum absolute atomic E-state index is 13.0. The number of carbonyl (C=O) groups is 1. The largest absolute Gasteiger partial charge is 0.324 e. The van der Waals surface area contributed by atoms with Crippen molar-refractivity contribution in [1.82, 2.24) is 9.78 Å². The average Bonchev–Trinajstić information content (AvgIpc) is 3.08. The van der Waals surface area contributed by atoms with E-state index < -0.39 is 6.04 Å². The molecule has 1 atom stereocenters. The van der Waals surface area contributed by atoms with E-state index in [2.05, 4.69) is 11.4 Å². The molecular weight excluding hydrogens is 382 g/mol. The number of benzene rings is 3. The van der Waals surface area contributed by atoms with Gasteiger partial charge in [-0.05, 0) is 50.6 Å². The lowest BCUT2D eigenvalue weighted by atomic mass is 10.1. The van der Waals surface area contributed by atoms with Crippen molar-refractivity contribution in [2.24, 2.45) is 0 Å². The first kappa shape index (κ1) is 19.2. The van der Waals surface area contributed by atoms with Gasteiger partial charge in [0.05, 0.1) is 5.52 Å². The van der Waals surface area contributed by atoms with Crippen molar-refractivity contribution in [2.45, 2.75) is 26.8 Å². The Morgan fingerprint density at radius 2 is 1.79 bits per heavy atom. The normalized spacial score (nSPS) is 12.1. The molecule has 0 aliphatic carbocycles. The fourth-order valence-electron chi connectivity index (χ4n) is 3.52. The minimum absolute atomic E-state index is 0.115. The van der Waals surface area contributed by atoms with Gasteiger partial charge in [0.25, 0.3) is 0 Å². The van der Waals surface area contributed by atoms with Gasteiger partial charge < -0.3 is 5.32 Å². The van der Waals surface area contributed by atoms with Crippen molar-refractivity contribution in [3.63, 3.8) is 0 Å². The predicted molar refractivity (Wildman–Crippen MR) is 119 cm³/mol. The van der Waals surface area contributed by atoms with E-state index in [0.717, 1.165) is 39.0 Å². The molecule has 1 N–H and O–H groups in total. The van der Waals surface area contributed by atoms with Gasteiger partial charge in [-0.3, -0.25) is 9.48 Å². The number of aromatic nitrogens is 2. The molecule has 146 valence electrons. The zero-order chi connectivity index (χ0) is 20.5. The van der Waals surface area contributed by atoms with Crippen LogP contribution < -0.4 is 5.32 Å². The van der Waals surface area contributed by atoms with Gasteiger partial charge in [-0.25, -0.2) is 0 Å². The van der Waals surface area contributed by atoms with Crippen LogP contribution in [-0.2, 0) is 4.79 Å². The molecule has 0 saturated carbocycles. The number of rotatable bonds is 4. The van der Waals surface area contributed by atoms with Crippen molar-refractivity contribution in [3.8, 4) is 11.3 Å². The zero-order valence-electron chi connectivity index (χ0n) is 16.6. The molecule has 5 heteroatoms. The van der Waals surface area contributed by atoms with Crippen LogP contribution in [0.25, 0.3) is 22.2 Å². The van der Waals surface area contributed by atoms with E-state index >= 15 is 0 Å². The number of anilines is 1. The molecule has 0 bridgehead atoms. The highest BCUT2D eigenvalue weighted by atomic mass is 35.5. The third kappa shape index (κ3) is 3.76. The highest BCUT2D eigenvalue weighted by Crippen LogP contribution is 2.32. The molecular formula is C24H22ClN3O. The second-order valence-corrected chi connectivity index (χ2v) is 7.74. The minimum Gasteiger partial charge on any atom is -0.324 e. The van der Waals surface area contributed by atoms with E-state index in [1.807, 2.05) is 81.4 Å². The second kappa shape index (κ2) is 7.72. The summed E-state index contributed by atoms with van der Waals surface area (Å²) >= 11 is 6.25. The number of amides is 1. The molecule has 4 aromatic rings. The van der Waals surface area contributed by atoms with Crippen LogP contribution in [0.3, 0.4) is 0 Å². The number of halogens is 1. The molecule has 1 heterocycles. The van der Waals surface area contributed by atoms with Crippen molar-refractivity contribution < 1.29 is 4.79 Å². The van der Waals surface area contributed by atoms with Gasteiger partial charge in [-0.1, -0.05) is 59.6 Å². The van der Waals surface area contributed by atoms with Crippen LogP contribution in [0.15, 0.2) is 66.7 Å². The van der Waals surface area contributed by atoms with Crippen molar-refractivity contribution in [1.29, 1.82) is 0 Å². The van der Waals surface area contributed by atoms with E-state index in [1.54, 1.807) is 4.68 Å². The molecule has 1 aromatic heterocycles. The Kier molecular flexibility index (Phi) is 5.12. The number of nitrogens with zero attached hydrogens (tertiary/aromatic N) is 2. The van der Waals surface area contributed by atoms with E-state index in [9.17, 15) is 4.79 Å². The minimum atomic E-state index is -0.489. The molecule has 0 aliphatic rings. The van der Waals surface area contributed by atoms with E-state index in [0.29, 0.717) is 5.02 Å². The highest BCUT2D eigenvalue weighted by molar-refractivity contribution is 6.31. The molecule has 0 fully saturated rings. The van der Waals surface area contributed by atoms with Gasteiger partial charge in [0, 0.05) is 21.7 Å². The number of carbonyl (C=O) groups excluding carboxylic acids is 1. The summed E-state index contributed by atoms with van der Waals surface area (Å²) in [6, 6.07) is 21.1. The Hall–Kier alpha value is -3.11. The summed E-state index contributed by atoms with van der Waals surface area (Å²) < 4.78 is 1.77. The zero-order valence-corrected chi connectivity index (χ0v) is 17.4. The van der Waals surface area contributed by atoms with E-state index in [1.165, 1.54) is 0 Å². The highest BCUT2D eigenvalue weighted by Gasteiger charge is 2.22. The van der Waals surface area contributed by atoms with E-state index in [4.69, 9.17) is 16.7 Å². The fraction of sp³-hybridized carbons (Fsp3) is 0.167. The summed E-state index contributed by atoms with van der Waals surface area (Å²) in [5.41, 5.74) is 5.69. The molecule has 1 unspecified atom stereocenters.